The quantitative estimate of drug-likeness (QED) is 0.441. The Morgan fingerprint density at radius 1 is 0.889 bits per heavy atom. The summed E-state index contributed by atoms with van der Waals surface area (Å²) in [5, 5.41) is 0. The van der Waals surface area contributed by atoms with Gasteiger partial charge in [0.25, 0.3) is 0 Å². The van der Waals surface area contributed by atoms with Gasteiger partial charge in [-0.3, -0.25) is 0 Å². The van der Waals surface area contributed by atoms with Crippen molar-refractivity contribution in [1.82, 2.24) is 0 Å². The minimum atomic E-state index is 1.00. The van der Waals surface area contributed by atoms with E-state index in [9.17, 15) is 0 Å². The van der Waals surface area contributed by atoms with E-state index in [1.54, 1.807) is 0 Å². The lowest BCUT2D eigenvalue weighted by Crippen LogP contribution is -2.61. The van der Waals surface area contributed by atoms with Gasteiger partial charge >= 0.3 is 0 Å². The van der Waals surface area contributed by atoms with Crippen LogP contribution in [-0.2, 0) is 4.84 Å². The van der Waals surface area contributed by atoms with E-state index >= 15 is 0 Å². The van der Waals surface area contributed by atoms with Gasteiger partial charge < -0.3 is 0 Å². The molecule has 0 unspecified atom stereocenters. The molecular formula is C7H14NO+. The average molecular weight is 128 g/mol. The third-order valence-corrected chi connectivity index (χ3v) is 2.50. The highest BCUT2D eigenvalue weighted by atomic mass is 16.7. The molecule has 2 rings (SSSR count). The number of piperidine rings is 1. The SMILES string of the molecule is C1CC[N+]2(CC1)CCO2. The summed E-state index contributed by atoms with van der Waals surface area (Å²) >= 11 is 0. The molecule has 2 heteroatoms. The van der Waals surface area contributed by atoms with E-state index in [4.69, 9.17) is 4.84 Å². The highest BCUT2D eigenvalue weighted by molar-refractivity contribution is 4.52. The number of hydroxylamine groups is 3. The molecule has 0 aromatic carbocycles. The van der Waals surface area contributed by atoms with Crippen LogP contribution >= 0.6 is 0 Å². The molecule has 2 fully saturated rings. The Hall–Kier alpha value is -0.0800. The van der Waals surface area contributed by atoms with Crippen molar-refractivity contribution < 1.29 is 9.48 Å². The monoisotopic (exact) mass is 128 g/mol. The van der Waals surface area contributed by atoms with Gasteiger partial charge in [0.15, 0.2) is 6.61 Å². The van der Waals surface area contributed by atoms with Crippen LogP contribution in [0.4, 0.5) is 0 Å². The Labute approximate surface area is 56.0 Å². The number of hydrogen-bond acceptors (Lipinski definition) is 1. The molecule has 0 radical (unpaired) electrons. The fourth-order valence-electron chi connectivity index (χ4n) is 1.79. The van der Waals surface area contributed by atoms with Crippen molar-refractivity contribution in [2.75, 3.05) is 26.2 Å². The van der Waals surface area contributed by atoms with Crippen LogP contribution in [0, 0.1) is 0 Å². The standard InChI is InChI=1S/C7H14NO/c1-2-4-8(5-3-1)6-7-9-8/h1-7H2/q+1. The molecule has 0 aliphatic carbocycles. The number of rotatable bonds is 0. The van der Waals surface area contributed by atoms with E-state index in [-0.39, 0.29) is 0 Å². The minimum absolute atomic E-state index is 1.00. The smallest absolute Gasteiger partial charge is 0.158 e. The summed E-state index contributed by atoms with van der Waals surface area (Å²) in [6.07, 6.45) is 4.17. The van der Waals surface area contributed by atoms with Crippen molar-refractivity contribution >= 4 is 0 Å². The second-order valence-corrected chi connectivity index (χ2v) is 3.12. The summed E-state index contributed by atoms with van der Waals surface area (Å²) in [4.78, 5) is 5.50. The Morgan fingerprint density at radius 2 is 1.56 bits per heavy atom. The van der Waals surface area contributed by atoms with Gasteiger partial charge in [-0.1, -0.05) is 0 Å². The third-order valence-electron chi connectivity index (χ3n) is 2.50. The summed E-state index contributed by atoms with van der Waals surface area (Å²) in [5.41, 5.74) is 0. The second kappa shape index (κ2) is 1.96. The molecule has 0 atom stereocenters. The van der Waals surface area contributed by atoms with Gasteiger partial charge in [-0.05, 0) is 19.3 Å². The Bertz CT molecular complexity index is 101. The zero-order chi connectivity index (χ0) is 6.16. The molecule has 52 valence electrons. The van der Waals surface area contributed by atoms with Gasteiger partial charge in [0, 0.05) is 0 Å². The van der Waals surface area contributed by atoms with Crippen LogP contribution in [0.5, 0.6) is 0 Å². The summed E-state index contributed by atoms with van der Waals surface area (Å²) in [5.74, 6) is 0. The van der Waals surface area contributed by atoms with Gasteiger partial charge in [-0.25, -0.2) is 0 Å². The zero-order valence-corrected chi connectivity index (χ0v) is 5.81. The topological polar surface area (TPSA) is 9.23 Å². The maximum atomic E-state index is 5.50. The molecular weight excluding hydrogens is 114 g/mol. The van der Waals surface area contributed by atoms with E-state index in [0.717, 1.165) is 11.3 Å². The van der Waals surface area contributed by atoms with Crippen molar-refractivity contribution in [2.24, 2.45) is 0 Å². The first-order valence-corrected chi connectivity index (χ1v) is 3.92. The van der Waals surface area contributed by atoms with Gasteiger partial charge in [0.05, 0.1) is 0 Å². The fraction of sp³-hybridized carbons (Fsp3) is 1.00. The first-order valence-electron chi connectivity index (χ1n) is 3.92. The van der Waals surface area contributed by atoms with Crippen LogP contribution in [-0.4, -0.2) is 30.9 Å². The molecule has 0 saturated carbocycles. The Kier molecular flexibility index (Phi) is 1.24. The molecule has 0 amide bonds. The van der Waals surface area contributed by atoms with Crippen LogP contribution in [0.3, 0.4) is 0 Å². The Morgan fingerprint density at radius 3 is 1.89 bits per heavy atom. The van der Waals surface area contributed by atoms with Crippen LogP contribution in [0.2, 0.25) is 0 Å². The van der Waals surface area contributed by atoms with E-state index in [1.807, 2.05) is 0 Å². The van der Waals surface area contributed by atoms with Gasteiger partial charge in [0.1, 0.15) is 19.6 Å². The highest BCUT2D eigenvalue weighted by Gasteiger charge is 2.39. The zero-order valence-electron chi connectivity index (χ0n) is 5.81. The van der Waals surface area contributed by atoms with Gasteiger partial charge in [-0.2, -0.15) is 9.48 Å². The normalized spacial score (nSPS) is 32.0. The van der Waals surface area contributed by atoms with Crippen LogP contribution in [0.15, 0.2) is 0 Å². The molecule has 2 heterocycles. The van der Waals surface area contributed by atoms with Crippen molar-refractivity contribution in [3.8, 4) is 0 Å². The lowest BCUT2D eigenvalue weighted by molar-refractivity contribution is -1.15. The van der Waals surface area contributed by atoms with E-state index in [1.165, 1.54) is 38.9 Å². The van der Waals surface area contributed by atoms with Crippen LogP contribution in [0.1, 0.15) is 19.3 Å². The fourth-order valence-corrected chi connectivity index (χ4v) is 1.79. The van der Waals surface area contributed by atoms with Crippen LogP contribution < -0.4 is 0 Å². The molecule has 0 aromatic rings. The van der Waals surface area contributed by atoms with Crippen molar-refractivity contribution in [1.29, 1.82) is 0 Å². The van der Waals surface area contributed by atoms with Crippen LogP contribution in [0.25, 0.3) is 0 Å². The summed E-state index contributed by atoms with van der Waals surface area (Å²) in [7, 11) is 0. The number of quaternary nitrogens is 1. The Balaban J connectivity index is 1.93. The maximum absolute atomic E-state index is 5.50. The maximum Gasteiger partial charge on any atom is 0.158 e. The molecule has 0 bridgehead atoms. The lowest BCUT2D eigenvalue weighted by atomic mass is 10.1. The predicted molar refractivity (Wildman–Crippen MR) is 34.7 cm³/mol. The van der Waals surface area contributed by atoms with Crippen molar-refractivity contribution in [3.05, 3.63) is 0 Å². The largest absolute Gasteiger partial charge is 0.197 e. The molecule has 9 heavy (non-hydrogen) atoms. The summed E-state index contributed by atoms with van der Waals surface area (Å²) in [6, 6.07) is 0. The minimum Gasteiger partial charge on any atom is -0.197 e. The highest BCUT2D eigenvalue weighted by Crippen LogP contribution is 2.24. The lowest BCUT2D eigenvalue weighted by Gasteiger charge is -2.44. The summed E-state index contributed by atoms with van der Waals surface area (Å²) in [6.45, 7) is 4.83. The molecule has 0 aromatic heterocycles. The van der Waals surface area contributed by atoms with E-state index in [2.05, 4.69) is 0 Å². The van der Waals surface area contributed by atoms with Crippen molar-refractivity contribution in [3.63, 3.8) is 0 Å². The molecule has 0 N–H and O–H groups in total. The average Bonchev–Trinajstić information content (AvgIpc) is 1.87. The molecule has 2 nitrogen and oxygen atoms in total. The van der Waals surface area contributed by atoms with E-state index in [0.29, 0.717) is 0 Å². The molecule has 2 saturated heterocycles. The van der Waals surface area contributed by atoms with Gasteiger partial charge in [-0.15, -0.1) is 0 Å². The third kappa shape index (κ3) is 0.864. The van der Waals surface area contributed by atoms with E-state index < -0.39 is 0 Å². The molecule has 2 aliphatic heterocycles. The predicted octanol–water partition coefficient (Wildman–Crippen LogP) is 0.932. The first-order chi connectivity index (χ1) is 4.41. The van der Waals surface area contributed by atoms with Gasteiger partial charge in [0.2, 0.25) is 0 Å². The second-order valence-electron chi connectivity index (χ2n) is 3.12. The summed E-state index contributed by atoms with van der Waals surface area (Å²) < 4.78 is 1.00. The number of nitrogens with zero attached hydrogens (tertiary/aromatic N) is 1. The molecule has 1 spiro atoms. The van der Waals surface area contributed by atoms with Crippen molar-refractivity contribution in [2.45, 2.75) is 19.3 Å². The number of hydrogen-bond donors (Lipinski definition) is 0. The first kappa shape index (κ1) is 5.69. The molecule has 2 aliphatic rings.